The molecule has 1 heterocycles. The van der Waals surface area contributed by atoms with E-state index < -0.39 is 0 Å². The standard InChI is InChI=1S/C19H18N2O2/c1-12-8-9-18-17(10-12)15-6-3-7-16(15)19(20-18)13-4-2-5-14(11-13)21(22)23/h2-6,8-11,15-16,19-20H,7H2,1H3/t15-,16+,19-/m1/s1. The number of nitro groups is 1. The van der Waals surface area contributed by atoms with Crippen LogP contribution in [0.25, 0.3) is 0 Å². The van der Waals surface area contributed by atoms with Gasteiger partial charge in [-0.25, -0.2) is 0 Å². The van der Waals surface area contributed by atoms with Crippen molar-refractivity contribution in [3.63, 3.8) is 0 Å². The average molecular weight is 306 g/mol. The van der Waals surface area contributed by atoms with E-state index in [1.807, 2.05) is 6.07 Å². The summed E-state index contributed by atoms with van der Waals surface area (Å²) in [5.41, 5.74) is 4.88. The smallest absolute Gasteiger partial charge is 0.269 e. The largest absolute Gasteiger partial charge is 0.378 e. The zero-order chi connectivity index (χ0) is 16.0. The molecule has 0 unspecified atom stereocenters. The third-order valence-electron chi connectivity index (χ3n) is 4.96. The molecule has 4 heteroatoms. The number of aryl methyl sites for hydroxylation is 1. The number of nitro benzene ring substituents is 1. The van der Waals surface area contributed by atoms with Crippen LogP contribution in [0.4, 0.5) is 11.4 Å². The van der Waals surface area contributed by atoms with E-state index in [1.165, 1.54) is 11.1 Å². The number of anilines is 1. The fourth-order valence-corrected chi connectivity index (χ4v) is 3.88. The molecule has 2 aromatic carbocycles. The Hall–Kier alpha value is -2.62. The van der Waals surface area contributed by atoms with Crippen LogP contribution >= 0.6 is 0 Å². The highest BCUT2D eigenvalue weighted by Crippen LogP contribution is 2.50. The molecule has 3 atom stereocenters. The fourth-order valence-electron chi connectivity index (χ4n) is 3.88. The zero-order valence-corrected chi connectivity index (χ0v) is 12.9. The van der Waals surface area contributed by atoms with Gasteiger partial charge in [0.2, 0.25) is 0 Å². The van der Waals surface area contributed by atoms with E-state index in [0.29, 0.717) is 11.8 Å². The summed E-state index contributed by atoms with van der Waals surface area (Å²) in [6.07, 6.45) is 5.52. The van der Waals surface area contributed by atoms with Crippen molar-refractivity contribution in [3.8, 4) is 0 Å². The Kier molecular flexibility index (Phi) is 3.18. The molecule has 0 saturated heterocycles. The number of benzene rings is 2. The minimum Gasteiger partial charge on any atom is -0.378 e. The Bertz CT molecular complexity index is 813. The third-order valence-corrected chi connectivity index (χ3v) is 4.96. The molecule has 1 aliphatic heterocycles. The van der Waals surface area contributed by atoms with E-state index in [-0.39, 0.29) is 16.7 Å². The summed E-state index contributed by atoms with van der Waals surface area (Å²) in [6.45, 7) is 2.11. The predicted molar refractivity (Wildman–Crippen MR) is 90.6 cm³/mol. The van der Waals surface area contributed by atoms with Crippen molar-refractivity contribution in [2.24, 2.45) is 5.92 Å². The van der Waals surface area contributed by atoms with Gasteiger partial charge in [-0.1, -0.05) is 42.0 Å². The fraction of sp³-hybridized carbons (Fsp3) is 0.263. The van der Waals surface area contributed by atoms with Crippen LogP contribution in [0.2, 0.25) is 0 Å². The Morgan fingerprint density at radius 2 is 2.09 bits per heavy atom. The van der Waals surface area contributed by atoms with E-state index in [4.69, 9.17) is 0 Å². The Morgan fingerprint density at radius 1 is 1.22 bits per heavy atom. The van der Waals surface area contributed by atoms with Gasteiger partial charge in [0.1, 0.15) is 0 Å². The molecule has 0 spiro atoms. The Balaban J connectivity index is 1.78. The molecular formula is C19H18N2O2. The summed E-state index contributed by atoms with van der Waals surface area (Å²) in [7, 11) is 0. The molecule has 0 radical (unpaired) electrons. The van der Waals surface area contributed by atoms with Crippen LogP contribution in [0.1, 0.15) is 35.1 Å². The van der Waals surface area contributed by atoms with Crippen LogP contribution in [0, 0.1) is 23.0 Å². The molecule has 0 amide bonds. The number of fused-ring (bicyclic) bond motifs is 3. The van der Waals surface area contributed by atoms with E-state index in [9.17, 15) is 10.1 Å². The zero-order valence-electron chi connectivity index (χ0n) is 12.9. The molecule has 1 N–H and O–H groups in total. The van der Waals surface area contributed by atoms with Gasteiger partial charge in [-0.15, -0.1) is 0 Å². The lowest BCUT2D eigenvalue weighted by Crippen LogP contribution is -2.29. The van der Waals surface area contributed by atoms with Gasteiger partial charge in [0.05, 0.1) is 11.0 Å². The first-order valence-corrected chi connectivity index (χ1v) is 7.91. The monoisotopic (exact) mass is 306 g/mol. The van der Waals surface area contributed by atoms with Crippen molar-refractivity contribution < 1.29 is 4.92 Å². The first kappa shape index (κ1) is 14.0. The van der Waals surface area contributed by atoms with Gasteiger partial charge in [-0.2, -0.15) is 0 Å². The second-order valence-electron chi connectivity index (χ2n) is 6.42. The van der Waals surface area contributed by atoms with E-state index in [1.54, 1.807) is 18.2 Å². The van der Waals surface area contributed by atoms with Crippen LogP contribution in [0.5, 0.6) is 0 Å². The molecule has 0 fully saturated rings. The molecule has 0 saturated carbocycles. The van der Waals surface area contributed by atoms with Crippen molar-refractivity contribution in [2.45, 2.75) is 25.3 Å². The van der Waals surface area contributed by atoms with Crippen LogP contribution in [0.3, 0.4) is 0 Å². The average Bonchev–Trinajstić information content (AvgIpc) is 3.04. The van der Waals surface area contributed by atoms with Crippen molar-refractivity contribution in [2.75, 3.05) is 5.32 Å². The van der Waals surface area contributed by atoms with Crippen LogP contribution in [0.15, 0.2) is 54.6 Å². The van der Waals surface area contributed by atoms with Gasteiger partial charge < -0.3 is 5.32 Å². The minimum absolute atomic E-state index is 0.102. The summed E-state index contributed by atoms with van der Waals surface area (Å²) >= 11 is 0. The second kappa shape index (κ2) is 5.23. The number of hydrogen-bond acceptors (Lipinski definition) is 3. The molecule has 4 rings (SSSR count). The van der Waals surface area contributed by atoms with E-state index in [2.05, 4.69) is 42.6 Å². The molecule has 116 valence electrons. The Labute approximate surface area is 135 Å². The highest BCUT2D eigenvalue weighted by Gasteiger charge is 2.38. The summed E-state index contributed by atoms with van der Waals surface area (Å²) < 4.78 is 0. The second-order valence-corrected chi connectivity index (χ2v) is 6.42. The SMILES string of the molecule is Cc1ccc2c(c1)[C@@H]1C=CC[C@@H]1[C@@H](c1cccc([N+](=O)[O-])c1)N2. The maximum Gasteiger partial charge on any atom is 0.269 e. The van der Waals surface area contributed by atoms with Gasteiger partial charge in [-0.05, 0) is 36.5 Å². The molecule has 4 nitrogen and oxygen atoms in total. The van der Waals surface area contributed by atoms with Crippen molar-refractivity contribution in [1.82, 2.24) is 0 Å². The lowest BCUT2D eigenvalue weighted by atomic mass is 9.76. The van der Waals surface area contributed by atoms with Crippen LogP contribution in [-0.2, 0) is 0 Å². The van der Waals surface area contributed by atoms with E-state index >= 15 is 0 Å². The van der Waals surface area contributed by atoms with Crippen LogP contribution < -0.4 is 5.32 Å². The number of nitrogens with zero attached hydrogens (tertiary/aromatic N) is 1. The minimum atomic E-state index is -0.325. The molecular weight excluding hydrogens is 288 g/mol. The number of hydrogen-bond donors (Lipinski definition) is 1. The van der Waals surface area contributed by atoms with Gasteiger partial charge in [0, 0.05) is 23.7 Å². The molecule has 1 aliphatic carbocycles. The van der Waals surface area contributed by atoms with Crippen LogP contribution in [-0.4, -0.2) is 4.92 Å². The first-order valence-electron chi connectivity index (χ1n) is 7.91. The first-order chi connectivity index (χ1) is 11.1. The summed E-state index contributed by atoms with van der Waals surface area (Å²) in [4.78, 5) is 10.7. The molecule has 2 aliphatic rings. The quantitative estimate of drug-likeness (QED) is 0.496. The highest BCUT2D eigenvalue weighted by atomic mass is 16.6. The molecule has 0 bridgehead atoms. The van der Waals surface area contributed by atoms with Gasteiger partial charge >= 0.3 is 0 Å². The van der Waals surface area contributed by atoms with E-state index in [0.717, 1.165) is 17.7 Å². The van der Waals surface area contributed by atoms with Gasteiger partial charge in [0.15, 0.2) is 0 Å². The third kappa shape index (κ3) is 2.31. The lowest BCUT2D eigenvalue weighted by molar-refractivity contribution is -0.384. The normalized spacial score (nSPS) is 24.7. The summed E-state index contributed by atoms with van der Waals surface area (Å²) in [6, 6.07) is 13.6. The predicted octanol–water partition coefficient (Wildman–Crippen LogP) is 4.73. The molecule has 0 aromatic heterocycles. The summed E-state index contributed by atoms with van der Waals surface area (Å²) in [5, 5.41) is 14.7. The number of non-ortho nitro benzene ring substituents is 1. The maximum atomic E-state index is 11.1. The van der Waals surface area contributed by atoms with Crippen molar-refractivity contribution in [1.29, 1.82) is 0 Å². The van der Waals surface area contributed by atoms with Crippen molar-refractivity contribution in [3.05, 3.63) is 81.4 Å². The number of rotatable bonds is 2. The Morgan fingerprint density at radius 3 is 2.91 bits per heavy atom. The molecule has 23 heavy (non-hydrogen) atoms. The maximum absolute atomic E-state index is 11.1. The number of nitrogens with one attached hydrogen (secondary N) is 1. The van der Waals surface area contributed by atoms with Crippen molar-refractivity contribution >= 4 is 11.4 Å². The lowest BCUT2D eigenvalue weighted by Gasteiger charge is -2.37. The molecule has 2 aromatic rings. The highest BCUT2D eigenvalue weighted by molar-refractivity contribution is 5.61. The number of allylic oxidation sites excluding steroid dienone is 2. The topological polar surface area (TPSA) is 55.2 Å². The summed E-state index contributed by atoms with van der Waals surface area (Å²) in [5.74, 6) is 0.793. The van der Waals surface area contributed by atoms with Gasteiger partial charge in [-0.3, -0.25) is 10.1 Å². The van der Waals surface area contributed by atoms with Gasteiger partial charge in [0.25, 0.3) is 5.69 Å².